The van der Waals surface area contributed by atoms with Gasteiger partial charge in [0.15, 0.2) is 5.78 Å². The second-order valence-electron chi connectivity index (χ2n) is 3.67. The SMILES string of the molecule is O=C1/C=C2/CC=CC=C2CCCC1. The molecule has 1 nitrogen and oxygen atoms in total. The Morgan fingerprint density at radius 1 is 1.08 bits per heavy atom. The third kappa shape index (κ3) is 1.97. The maximum absolute atomic E-state index is 11.4. The van der Waals surface area contributed by atoms with Gasteiger partial charge in [-0.25, -0.2) is 0 Å². The maximum atomic E-state index is 11.4. The highest BCUT2D eigenvalue weighted by Gasteiger charge is 2.11. The van der Waals surface area contributed by atoms with Crippen molar-refractivity contribution in [1.29, 1.82) is 0 Å². The van der Waals surface area contributed by atoms with Crippen molar-refractivity contribution in [3.63, 3.8) is 0 Å². The average molecular weight is 174 g/mol. The topological polar surface area (TPSA) is 17.1 Å². The first-order valence-corrected chi connectivity index (χ1v) is 4.96. The number of hydrogen-bond acceptors (Lipinski definition) is 1. The van der Waals surface area contributed by atoms with Crippen LogP contribution in [0.4, 0.5) is 0 Å². The van der Waals surface area contributed by atoms with E-state index < -0.39 is 0 Å². The van der Waals surface area contributed by atoms with Crippen LogP contribution in [0.15, 0.2) is 35.5 Å². The number of hydrogen-bond donors (Lipinski definition) is 0. The molecule has 2 aliphatic carbocycles. The molecule has 0 aromatic carbocycles. The van der Waals surface area contributed by atoms with E-state index in [1.54, 1.807) is 0 Å². The number of carbonyl (C=O) groups excluding carboxylic acids is 1. The van der Waals surface area contributed by atoms with Crippen LogP contribution in [-0.2, 0) is 4.79 Å². The van der Waals surface area contributed by atoms with Crippen molar-refractivity contribution in [1.82, 2.24) is 0 Å². The smallest absolute Gasteiger partial charge is 0.155 e. The molecule has 0 aromatic rings. The Balaban J connectivity index is 2.28. The van der Waals surface area contributed by atoms with E-state index in [1.165, 1.54) is 11.1 Å². The summed E-state index contributed by atoms with van der Waals surface area (Å²) in [6.45, 7) is 0. The lowest BCUT2D eigenvalue weighted by atomic mass is 9.90. The van der Waals surface area contributed by atoms with E-state index in [0.29, 0.717) is 5.78 Å². The minimum atomic E-state index is 0.302. The molecule has 0 saturated carbocycles. The Kier molecular flexibility index (Phi) is 2.44. The lowest BCUT2D eigenvalue weighted by molar-refractivity contribution is -0.114. The summed E-state index contributed by atoms with van der Waals surface area (Å²) in [6.07, 6.45) is 13.2. The summed E-state index contributed by atoms with van der Waals surface area (Å²) in [6, 6.07) is 0. The Labute approximate surface area is 78.8 Å². The zero-order valence-electron chi connectivity index (χ0n) is 7.75. The second kappa shape index (κ2) is 3.73. The summed E-state index contributed by atoms with van der Waals surface area (Å²) in [7, 11) is 0. The molecule has 0 N–H and O–H groups in total. The molecule has 0 atom stereocenters. The van der Waals surface area contributed by atoms with E-state index in [-0.39, 0.29) is 0 Å². The molecule has 2 rings (SSSR count). The van der Waals surface area contributed by atoms with E-state index in [2.05, 4.69) is 18.2 Å². The van der Waals surface area contributed by atoms with Crippen molar-refractivity contribution >= 4 is 5.78 Å². The first kappa shape index (κ1) is 8.49. The van der Waals surface area contributed by atoms with Gasteiger partial charge in [-0.3, -0.25) is 4.79 Å². The summed E-state index contributed by atoms with van der Waals surface area (Å²) in [5.74, 6) is 0.302. The van der Waals surface area contributed by atoms with Gasteiger partial charge in [-0.1, -0.05) is 18.2 Å². The van der Waals surface area contributed by atoms with Crippen LogP contribution in [0.5, 0.6) is 0 Å². The van der Waals surface area contributed by atoms with Crippen LogP contribution in [0.3, 0.4) is 0 Å². The van der Waals surface area contributed by atoms with Gasteiger partial charge in [-0.15, -0.1) is 0 Å². The minimum absolute atomic E-state index is 0.302. The highest BCUT2D eigenvalue weighted by Crippen LogP contribution is 2.26. The first-order valence-electron chi connectivity index (χ1n) is 4.96. The molecule has 0 spiro atoms. The van der Waals surface area contributed by atoms with E-state index >= 15 is 0 Å². The summed E-state index contributed by atoms with van der Waals surface area (Å²) in [5.41, 5.74) is 2.61. The fourth-order valence-corrected chi connectivity index (χ4v) is 1.89. The quantitative estimate of drug-likeness (QED) is 0.551. The molecule has 0 amide bonds. The molecule has 0 aliphatic heterocycles. The minimum Gasteiger partial charge on any atom is -0.295 e. The van der Waals surface area contributed by atoms with Crippen LogP contribution in [0.1, 0.15) is 32.1 Å². The second-order valence-corrected chi connectivity index (χ2v) is 3.67. The van der Waals surface area contributed by atoms with E-state index in [9.17, 15) is 4.79 Å². The molecule has 0 fully saturated rings. The summed E-state index contributed by atoms with van der Waals surface area (Å²) < 4.78 is 0. The number of carbonyl (C=O) groups is 1. The Morgan fingerprint density at radius 2 is 1.92 bits per heavy atom. The number of fused-ring (bicyclic) bond motifs is 1. The third-order valence-corrected chi connectivity index (χ3v) is 2.64. The highest BCUT2D eigenvalue weighted by molar-refractivity contribution is 5.91. The zero-order chi connectivity index (χ0) is 9.10. The molecule has 0 radical (unpaired) electrons. The highest BCUT2D eigenvalue weighted by atomic mass is 16.1. The number of allylic oxidation sites excluding steroid dienone is 6. The molecule has 0 aromatic heterocycles. The van der Waals surface area contributed by atoms with Crippen LogP contribution in [0.25, 0.3) is 0 Å². The van der Waals surface area contributed by atoms with Crippen LogP contribution in [0, 0.1) is 0 Å². The van der Waals surface area contributed by atoms with Crippen molar-refractivity contribution in [3.8, 4) is 0 Å². The number of rotatable bonds is 0. The van der Waals surface area contributed by atoms with Gasteiger partial charge in [0.05, 0.1) is 0 Å². The fourth-order valence-electron chi connectivity index (χ4n) is 1.89. The van der Waals surface area contributed by atoms with Crippen molar-refractivity contribution in [2.75, 3.05) is 0 Å². The van der Waals surface area contributed by atoms with E-state index in [1.807, 2.05) is 6.08 Å². The van der Waals surface area contributed by atoms with Crippen molar-refractivity contribution in [3.05, 3.63) is 35.5 Å². The Hall–Kier alpha value is -1.11. The molecule has 13 heavy (non-hydrogen) atoms. The van der Waals surface area contributed by atoms with Gasteiger partial charge in [0.1, 0.15) is 0 Å². The summed E-state index contributed by atoms with van der Waals surface area (Å²) in [4.78, 5) is 11.4. The van der Waals surface area contributed by atoms with Gasteiger partial charge in [0, 0.05) is 6.42 Å². The van der Waals surface area contributed by atoms with Gasteiger partial charge in [0.25, 0.3) is 0 Å². The van der Waals surface area contributed by atoms with Gasteiger partial charge >= 0.3 is 0 Å². The predicted octanol–water partition coefficient (Wildman–Crippen LogP) is 2.94. The Bertz CT molecular complexity index is 305. The molecule has 0 bridgehead atoms. The lowest BCUT2D eigenvalue weighted by Gasteiger charge is -2.15. The van der Waals surface area contributed by atoms with Gasteiger partial charge < -0.3 is 0 Å². The number of ketones is 1. The molecule has 68 valence electrons. The summed E-state index contributed by atoms with van der Waals surface area (Å²) >= 11 is 0. The zero-order valence-corrected chi connectivity index (χ0v) is 7.75. The normalized spacial score (nSPS) is 26.6. The van der Waals surface area contributed by atoms with Crippen molar-refractivity contribution in [2.45, 2.75) is 32.1 Å². The molecular formula is C12H14O. The maximum Gasteiger partial charge on any atom is 0.155 e. The standard InChI is InChI=1S/C12H14O/c13-12-8-4-3-6-10-5-1-2-7-11(10)9-12/h1-2,5,9H,3-4,6-8H2/b11-9-. The van der Waals surface area contributed by atoms with Gasteiger partial charge in [-0.05, 0) is 42.9 Å². The monoisotopic (exact) mass is 174 g/mol. The summed E-state index contributed by atoms with van der Waals surface area (Å²) in [5, 5.41) is 0. The molecule has 1 heteroatoms. The van der Waals surface area contributed by atoms with Crippen LogP contribution in [0.2, 0.25) is 0 Å². The predicted molar refractivity (Wildman–Crippen MR) is 53.4 cm³/mol. The first-order chi connectivity index (χ1) is 6.36. The molecule has 0 unspecified atom stereocenters. The van der Waals surface area contributed by atoms with Crippen molar-refractivity contribution < 1.29 is 4.79 Å². The molecular weight excluding hydrogens is 160 g/mol. The molecule has 2 aliphatic rings. The molecule has 0 heterocycles. The van der Waals surface area contributed by atoms with Gasteiger partial charge in [-0.2, -0.15) is 0 Å². The largest absolute Gasteiger partial charge is 0.295 e. The van der Waals surface area contributed by atoms with E-state index in [4.69, 9.17) is 0 Å². The van der Waals surface area contributed by atoms with Crippen molar-refractivity contribution in [2.24, 2.45) is 0 Å². The average Bonchev–Trinajstić information content (AvgIpc) is 2.11. The van der Waals surface area contributed by atoms with Crippen LogP contribution >= 0.6 is 0 Å². The Morgan fingerprint density at radius 3 is 2.85 bits per heavy atom. The third-order valence-electron chi connectivity index (χ3n) is 2.64. The van der Waals surface area contributed by atoms with E-state index in [0.717, 1.165) is 32.1 Å². The van der Waals surface area contributed by atoms with Gasteiger partial charge in [0.2, 0.25) is 0 Å². The van der Waals surface area contributed by atoms with Crippen LogP contribution in [-0.4, -0.2) is 5.78 Å². The van der Waals surface area contributed by atoms with Crippen LogP contribution < -0.4 is 0 Å². The lowest BCUT2D eigenvalue weighted by Crippen LogP contribution is -2.03. The fraction of sp³-hybridized carbons (Fsp3) is 0.417. The molecule has 0 saturated heterocycles.